The van der Waals surface area contributed by atoms with Crippen molar-refractivity contribution in [3.63, 3.8) is 0 Å². The number of hydrogen-bond acceptors (Lipinski definition) is 3. The van der Waals surface area contributed by atoms with Crippen molar-refractivity contribution in [2.45, 2.75) is 6.92 Å². The van der Waals surface area contributed by atoms with Crippen LogP contribution in [0.4, 0.5) is 0 Å². The lowest BCUT2D eigenvalue weighted by molar-refractivity contribution is 0.435. The third-order valence-electron chi connectivity index (χ3n) is 1.80. The first-order chi connectivity index (χ1) is 7.36. The van der Waals surface area contributed by atoms with E-state index in [9.17, 15) is 0 Å². The van der Waals surface area contributed by atoms with Gasteiger partial charge in [-0.15, -0.1) is 0 Å². The second-order valence-electron chi connectivity index (χ2n) is 3.37. The quantitative estimate of drug-likeness (QED) is 0.421. The summed E-state index contributed by atoms with van der Waals surface area (Å²) in [5, 5.41) is 12.0. The van der Waals surface area contributed by atoms with E-state index < -0.39 is 0 Å². The van der Waals surface area contributed by atoms with Crippen molar-refractivity contribution < 1.29 is 5.11 Å². The summed E-state index contributed by atoms with van der Waals surface area (Å²) in [5.74, 6) is 0.0466. The fourth-order valence-electron chi connectivity index (χ4n) is 0.938. The molecule has 2 N–H and O–H groups in total. The van der Waals surface area contributed by atoms with Crippen LogP contribution in [0.1, 0.15) is 6.92 Å². The summed E-state index contributed by atoms with van der Waals surface area (Å²) in [4.78, 5) is 1.78. The molecule has 2 nitrogen and oxygen atoms in total. The molecular formula is C12H18BNOS. The van der Waals surface area contributed by atoms with E-state index in [-0.39, 0.29) is 5.76 Å². The molecule has 0 saturated carbocycles. The largest absolute Gasteiger partial charge is 0.509 e. The van der Waals surface area contributed by atoms with Gasteiger partial charge in [-0.1, -0.05) is 31.5 Å². The number of rotatable bonds is 6. The summed E-state index contributed by atoms with van der Waals surface area (Å²) < 4.78 is 0. The second-order valence-corrected chi connectivity index (χ2v) is 4.72. The summed E-state index contributed by atoms with van der Waals surface area (Å²) in [6.07, 6.45) is 3.52. The van der Waals surface area contributed by atoms with Gasteiger partial charge in [-0.05, 0) is 35.2 Å². The van der Waals surface area contributed by atoms with Gasteiger partial charge in [0.2, 0.25) is 0 Å². The Kier molecular flexibility index (Phi) is 6.50. The fraction of sp³-hybridized carbons (Fsp3) is 0.167. The van der Waals surface area contributed by atoms with Crippen LogP contribution in [-0.2, 0) is 0 Å². The molecule has 0 aliphatic carbocycles. The molecule has 0 aliphatic heterocycles. The van der Waals surface area contributed by atoms with Gasteiger partial charge < -0.3 is 10.4 Å². The summed E-state index contributed by atoms with van der Waals surface area (Å²) >= 11 is 1.46. The Hall–Kier alpha value is -1.29. The SMILES string of the molecule is B/C(=C/C(=C)C(=C)S/C(C)=C/C(=C)O)NC. The predicted molar refractivity (Wildman–Crippen MR) is 77.1 cm³/mol. The number of nitrogens with one attached hydrogen (secondary N) is 1. The standard InChI is InChI=1S/C12H18BNOS/c1-8(6-12(13)14-5)11(4)16-10(3)7-9(2)15/h6-7,14-15H,1-2,4,13H2,3,5H3/b10-7+,12-6-. The van der Waals surface area contributed by atoms with Gasteiger partial charge in [0.1, 0.15) is 5.76 Å². The number of aliphatic hydroxyl groups excluding tert-OH is 1. The monoisotopic (exact) mass is 235 g/mol. The van der Waals surface area contributed by atoms with Crippen molar-refractivity contribution in [2.24, 2.45) is 0 Å². The van der Waals surface area contributed by atoms with Crippen LogP contribution < -0.4 is 5.32 Å². The summed E-state index contributed by atoms with van der Waals surface area (Å²) in [5.41, 5.74) is 1.88. The molecule has 0 spiro atoms. The highest BCUT2D eigenvalue weighted by Crippen LogP contribution is 2.29. The molecule has 0 bridgehead atoms. The summed E-state index contributed by atoms with van der Waals surface area (Å²) in [6.45, 7) is 13.1. The zero-order chi connectivity index (χ0) is 12.7. The molecule has 0 aromatic carbocycles. The third-order valence-corrected chi connectivity index (χ3v) is 2.75. The van der Waals surface area contributed by atoms with E-state index in [1.807, 2.05) is 27.9 Å². The second kappa shape index (κ2) is 7.07. The molecule has 0 fully saturated rings. The molecule has 0 heterocycles. The molecule has 0 aliphatic rings. The Morgan fingerprint density at radius 1 is 1.31 bits per heavy atom. The molecule has 0 amide bonds. The first-order valence-electron chi connectivity index (χ1n) is 4.85. The van der Waals surface area contributed by atoms with Crippen LogP contribution in [0.5, 0.6) is 0 Å². The van der Waals surface area contributed by atoms with Crippen LogP contribution in [0.15, 0.2) is 58.6 Å². The minimum atomic E-state index is 0.0466. The van der Waals surface area contributed by atoms with Crippen molar-refractivity contribution in [1.82, 2.24) is 5.32 Å². The summed E-state index contributed by atoms with van der Waals surface area (Å²) in [7, 11) is 3.82. The Morgan fingerprint density at radius 2 is 1.88 bits per heavy atom. The maximum Gasteiger partial charge on any atom is 0.160 e. The molecule has 0 radical (unpaired) electrons. The van der Waals surface area contributed by atoms with E-state index >= 15 is 0 Å². The number of hydrogen-bond donors (Lipinski definition) is 2. The van der Waals surface area contributed by atoms with Crippen LogP contribution in [0, 0.1) is 0 Å². The normalized spacial score (nSPS) is 12.1. The zero-order valence-corrected chi connectivity index (χ0v) is 10.9. The lowest BCUT2D eigenvalue weighted by Crippen LogP contribution is -2.05. The Balaban J connectivity index is 4.49. The number of thioether (sulfide) groups is 1. The predicted octanol–water partition coefficient (Wildman–Crippen LogP) is 2.46. The smallest absolute Gasteiger partial charge is 0.160 e. The summed E-state index contributed by atoms with van der Waals surface area (Å²) in [6, 6.07) is 0. The first kappa shape index (κ1) is 14.7. The van der Waals surface area contributed by atoms with Gasteiger partial charge in [0.15, 0.2) is 7.85 Å². The van der Waals surface area contributed by atoms with Crippen molar-refractivity contribution in [2.75, 3.05) is 7.05 Å². The average Bonchev–Trinajstić information content (AvgIpc) is 2.15. The molecule has 0 unspecified atom stereocenters. The minimum absolute atomic E-state index is 0.0466. The Morgan fingerprint density at radius 3 is 2.31 bits per heavy atom. The molecule has 0 atom stereocenters. The van der Waals surface area contributed by atoms with E-state index in [1.54, 1.807) is 6.08 Å². The molecule has 4 heteroatoms. The minimum Gasteiger partial charge on any atom is -0.509 e. The Bertz CT molecular complexity index is 369. The van der Waals surface area contributed by atoms with E-state index in [0.717, 1.165) is 21.0 Å². The van der Waals surface area contributed by atoms with Crippen LogP contribution >= 0.6 is 11.8 Å². The van der Waals surface area contributed by atoms with Gasteiger partial charge in [-0.25, -0.2) is 0 Å². The molecule has 0 saturated heterocycles. The van der Waals surface area contributed by atoms with E-state index in [0.29, 0.717) is 0 Å². The van der Waals surface area contributed by atoms with Gasteiger partial charge in [0.05, 0.1) is 0 Å². The van der Waals surface area contributed by atoms with Gasteiger partial charge in [0.25, 0.3) is 0 Å². The number of allylic oxidation sites excluding steroid dienone is 4. The van der Waals surface area contributed by atoms with E-state index in [4.69, 9.17) is 5.11 Å². The lowest BCUT2D eigenvalue weighted by Gasteiger charge is -2.07. The maximum atomic E-state index is 9.00. The van der Waals surface area contributed by atoms with Crippen LogP contribution in [0.25, 0.3) is 0 Å². The van der Waals surface area contributed by atoms with E-state index in [2.05, 4.69) is 25.1 Å². The van der Waals surface area contributed by atoms with Crippen LogP contribution in [-0.4, -0.2) is 20.0 Å². The van der Waals surface area contributed by atoms with Gasteiger partial charge in [0, 0.05) is 12.0 Å². The van der Waals surface area contributed by atoms with E-state index in [1.165, 1.54) is 11.8 Å². The van der Waals surface area contributed by atoms with Crippen molar-refractivity contribution in [3.8, 4) is 0 Å². The lowest BCUT2D eigenvalue weighted by atomic mass is 10.0. The zero-order valence-electron chi connectivity index (χ0n) is 10.1. The van der Waals surface area contributed by atoms with Gasteiger partial charge >= 0.3 is 0 Å². The van der Waals surface area contributed by atoms with Crippen LogP contribution in [0.3, 0.4) is 0 Å². The molecule has 16 heavy (non-hydrogen) atoms. The molecule has 86 valence electrons. The highest BCUT2D eigenvalue weighted by Gasteiger charge is 2.00. The average molecular weight is 235 g/mol. The molecule has 0 aromatic rings. The topological polar surface area (TPSA) is 32.3 Å². The van der Waals surface area contributed by atoms with Gasteiger partial charge in [-0.3, -0.25) is 0 Å². The van der Waals surface area contributed by atoms with Crippen LogP contribution in [0.2, 0.25) is 0 Å². The first-order valence-corrected chi connectivity index (χ1v) is 5.66. The van der Waals surface area contributed by atoms with Crippen molar-refractivity contribution in [1.29, 1.82) is 0 Å². The fourth-order valence-corrected chi connectivity index (χ4v) is 1.71. The van der Waals surface area contributed by atoms with Crippen molar-refractivity contribution in [3.05, 3.63) is 58.6 Å². The Labute approximate surface area is 103 Å². The third kappa shape index (κ3) is 6.25. The highest BCUT2D eigenvalue weighted by molar-refractivity contribution is 8.06. The maximum absolute atomic E-state index is 9.00. The number of aliphatic hydroxyl groups is 1. The van der Waals surface area contributed by atoms with Crippen molar-refractivity contribution >= 4 is 19.6 Å². The van der Waals surface area contributed by atoms with Gasteiger partial charge in [-0.2, -0.15) is 0 Å². The molecular weight excluding hydrogens is 217 g/mol. The highest BCUT2D eigenvalue weighted by atomic mass is 32.2. The molecule has 0 rings (SSSR count). The molecule has 0 aromatic heterocycles.